The van der Waals surface area contributed by atoms with Gasteiger partial charge < -0.3 is 4.90 Å². The molecule has 0 N–H and O–H groups in total. The van der Waals surface area contributed by atoms with Crippen molar-refractivity contribution in [2.24, 2.45) is 0 Å². The van der Waals surface area contributed by atoms with Gasteiger partial charge in [-0.05, 0) is 25.1 Å². The van der Waals surface area contributed by atoms with Crippen LogP contribution in [0.2, 0.25) is 0 Å². The van der Waals surface area contributed by atoms with Crippen molar-refractivity contribution in [3.05, 3.63) is 29.6 Å². The second-order valence-electron chi connectivity index (χ2n) is 5.10. The van der Waals surface area contributed by atoms with E-state index < -0.39 is 18.5 Å². The number of rotatable bonds is 3. The SMILES string of the molecule is CC(=O)c1cc(F)ccc1N1CCN(CC(F)(F)F)CC1. The van der Waals surface area contributed by atoms with Gasteiger partial charge >= 0.3 is 6.18 Å². The number of alkyl halides is 3. The van der Waals surface area contributed by atoms with Crippen molar-refractivity contribution in [3.63, 3.8) is 0 Å². The minimum absolute atomic E-state index is 0.258. The van der Waals surface area contributed by atoms with Crippen LogP contribution in [0.5, 0.6) is 0 Å². The van der Waals surface area contributed by atoms with Gasteiger partial charge in [-0.3, -0.25) is 9.69 Å². The van der Waals surface area contributed by atoms with Crippen LogP contribution in [-0.4, -0.2) is 49.6 Å². The molecule has 7 heteroatoms. The Hall–Kier alpha value is -1.63. The summed E-state index contributed by atoms with van der Waals surface area (Å²) in [5.74, 6) is -0.762. The lowest BCUT2D eigenvalue weighted by atomic mass is 10.1. The van der Waals surface area contributed by atoms with Gasteiger partial charge in [-0.25, -0.2) is 4.39 Å². The second-order valence-corrected chi connectivity index (χ2v) is 5.10. The number of ketones is 1. The van der Waals surface area contributed by atoms with Crippen molar-refractivity contribution in [3.8, 4) is 0 Å². The normalized spacial score (nSPS) is 17.1. The molecule has 0 radical (unpaired) electrons. The zero-order valence-corrected chi connectivity index (χ0v) is 11.6. The predicted octanol–water partition coefficient (Wildman–Crippen LogP) is 2.71. The summed E-state index contributed by atoms with van der Waals surface area (Å²) in [5.41, 5.74) is 0.842. The maximum absolute atomic E-state index is 13.2. The summed E-state index contributed by atoms with van der Waals surface area (Å²) in [4.78, 5) is 14.7. The smallest absolute Gasteiger partial charge is 0.368 e. The predicted molar refractivity (Wildman–Crippen MR) is 71.1 cm³/mol. The Kier molecular flexibility index (Phi) is 4.51. The minimum atomic E-state index is -4.21. The fourth-order valence-electron chi connectivity index (χ4n) is 2.47. The first-order chi connectivity index (χ1) is 9.76. The summed E-state index contributed by atoms with van der Waals surface area (Å²) in [6.07, 6.45) is -4.21. The zero-order chi connectivity index (χ0) is 15.6. The third-order valence-electron chi connectivity index (χ3n) is 3.45. The van der Waals surface area contributed by atoms with Crippen molar-refractivity contribution in [1.82, 2.24) is 4.90 Å². The first-order valence-electron chi connectivity index (χ1n) is 6.61. The van der Waals surface area contributed by atoms with E-state index in [1.165, 1.54) is 30.0 Å². The van der Waals surface area contributed by atoms with Crippen LogP contribution in [0.1, 0.15) is 17.3 Å². The van der Waals surface area contributed by atoms with E-state index in [9.17, 15) is 22.4 Å². The van der Waals surface area contributed by atoms with E-state index in [2.05, 4.69) is 0 Å². The summed E-state index contributed by atoms with van der Waals surface area (Å²) in [6.45, 7) is 1.69. The van der Waals surface area contributed by atoms with E-state index in [4.69, 9.17) is 0 Å². The van der Waals surface area contributed by atoms with Crippen molar-refractivity contribution >= 4 is 11.5 Å². The Morgan fingerprint density at radius 2 is 1.81 bits per heavy atom. The minimum Gasteiger partial charge on any atom is -0.368 e. The Balaban J connectivity index is 2.07. The van der Waals surface area contributed by atoms with E-state index in [0.29, 0.717) is 18.8 Å². The average molecular weight is 304 g/mol. The quantitative estimate of drug-likeness (QED) is 0.634. The van der Waals surface area contributed by atoms with Gasteiger partial charge in [0.1, 0.15) is 5.82 Å². The molecule has 0 aliphatic carbocycles. The maximum Gasteiger partial charge on any atom is 0.401 e. The van der Waals surface area contributed by atoms with Gasteiger partial charge in [-0.1, -0.05) is 0 Å². The molecule has 0 amide bonds. The van der Waals surface area contributed by atoms with Crippen LogP contribution in [0.3, 0.4) is 0 Å². The van der Waals surface area contributed by atoms with Gasteiger partial charge in [-0.15, -0.1) is 0 Å². The summed E-state index contributed by atoms with van der Waals surface area (Å²) < 4.78 is 50.2. The molecule has 1 fully saturated rings. The average Bonchev–Trinajstić information content (AvgIpc) is 2.38. The van der Waals surface area contributed by atoms with Gasteiger partial charge in [0.25, 0.3) is 0 Å². The molecule has 21 heavy (non-hydrogen) atoms. The van der Waals surface area contributed by atoms with Crippen LogP contribution in [0.15, 0.2) is 18.2 Å². The van der Waals surface area contributed by atoms with Crippen LogP contribution in [0.25, 0.3) is 0 Å². The molecule has 0 saturated carbocycles. The molecule has 1 saturated heterocycles. The summed E-state index contributed by atoms with van der Waals surface area (Å²) in [5, 5.41) is 0. The molecule has 1 aliphatic heterocycles. The first kappa shape index (κ1) is 15.8. The number of carbonyl (C=O) groups excluding carboxylic acids is 1. The fourth-order valence-corrected chi connectivity index (χ4v) is 2.47. The monoisotopic (exact) mass is 304 g/mol. The standard InChI is InChI=1S/C14H16F4N2O/c1-10(21)12-8-11(15)2-3-13(12)20-6-4-19(5-7-20)9-14(16,17)18/h2-3,8H,4-7,9H2,1H3. The van der Waals surface area contributed by atoms with Gasteiger partial charge in [-0.2, -0.15) is 13.2 Å². The molecule has 1 aromatic rings. The number of piperazine rings is 1. The third kappa shape index (κ3) is 4.17. The fraction of sp³-hybridized carbons (Fsp3) is 0.500. The molecule has 116 valence electrons. The Morgan fingerprint density at radius 1 is 1.19 bits per heavy atom. The molecule has 0 aromatic heterocycles. The molecule has 1 heterocycles. The van der Waals surface area contributed by atoms with Gasteiger partial charge in [0.2, 0.25) is 0 Å². The van der Waals surface area contributed by atoms with Crippen molar-refractivity contribution in [1.29, 1.82) is 0 Å². The van der Waals surface area contributed by atoms with Gasteiger partial charge in [0, 0.05) is 37.4 Å². The van der Waals surface area contributed by atoms with E-state index in [0.717, 1.165) is 0 Å². The highest BCUT2D eigenvalue weighted by molar-refractivity contribution is 5.99. The molecule has 1 aromatic carbocycles. The Morgan fingerprint density at radius 3 is 2.33 bits per heavy atom. The highest BCUT2D eigenvalue weighted by atomic mass is 19.4. The van der Waals surface area contributed by atoms with E-state index >= 15 is 0 Å². The molecule has 0 spiro atoms. The zero-order valence-electron chi connectivity index (χ0n) is 11.6. The lowest BCUT2D eigenvalue weighted by Crippen LogP contribution is -2.49. The van der Waals surface area contributed by atoms with Crippen LogP contribution in [-0.2, 0) is 0 Å². The number of hydrogen-bond acceptors (Lipinski definition) is 3. The molecular formula is C14H16F4N2O. The Bertz CT molecular complexity index is 522. The first-order valence-corrected chi connectivity index (χ1v) is 6.61. The Labute approximate surface area is 120 Å². The lowest BCUT2D eigenvalue weighted by molar-refractivity contribution is -0.146. The van der Waals surface area contributed by atoms with Crippen LogP contribution < -0.4 is 4.90 Å². The number of nitrogens with zero attached hydrogens (tertiary/aromatic N) is 2. The number of halogens is 4. The number of benzene rings is 1. The third-order valence-corrected chi connectivity index (χ3v) is 3.45. The van der Waals surface area contributed by atoms with Crippen molar-refractivity contribution in [2.45, 2.75) is 13.1 Å². The molecule has 3 nitrogen and oxygen atoms in total. The van der Waals surface area contributed by atoms with Crippen LogP contribution in [0, 0.1) is 5.82 Å². The number of hydrogen-bond donors (Lipinski definition) is 0. The van der Waals surface area contributed by atoms with Crippen LogP contribution >= 0.6 is 0 Å². The number of carbonyl (C=O) groups is 1. The number of anilines is 1. The lowest BCUT2D eigenvalue weighted by Gasteiger charge is -2.37. The maximum atomic E-state index is 13.2. The molecule has 0 unspecified atom stereocenters. The molecular weight excluding hydrogens is 288 g/mol. The van der Waals surface area contributed by atoms with Crippen molar-refractivity contribution < 1.29 is 22.4 Å². The largest absolute Gasteiger partial charge is 0.401 e. The molecule has 0 bridgehead atoms. The van der Waals surface area contributed by atoms with E-state index in [-0.39, 0.29) is 24.4 Å². The number of Topliss-reactive ketones (excluding diaryl/α,β-unsaturated/α-hetero) is 1. The van der Waals surface area contributed by atoms with Crippen molar-refractivity contribution in [2.75, 3.05) is 37.6 Å². The second kappa shape index (κ2) is 6.01. The molecule has 2 rings (SSSR count). The topological polar surface area (TPSA) is 23.6 Å². The van der Waals surface area contributed by atoms with E-state index in [1.54, 1.807) is 0 Å². The summed E-state index contributed by atoms with van der Waals surface area (Å²) in [6, 6.07) is 3.93. The molecule has 0 atom stereocenters. The summed E-state index contributed by atoms with van der Waals surface area (Å²) in [7, 11) is 0. The van der Waals surface area contributed by atoms with Gasteiger partial charge in [0.15, 0.2) is 5.78 Å². The highest BCUT2D eigenvalue weighted by Crippen LogP contribution is 2.24. The molecule has 1 aliphatic rings. The summed E-state index contributed by atoms with van der Waals surface area (Å²) >= 11 is 0. The highest BCUT2D eigenvalue weighted by Gasteiger charge is 2.32. The van der Waals surface area contributed by atoms with E-state index in [1.807, 2.05) is 4.90 Å². The van der Waals surface area contributed by atoms with Gasteiger partial charge in [0.05, 0.1) is 6.54 Å². The van der Waals surface area contributed by atoms with Crippen LogP contribution in [0.4, 0.5) is 23.2 Å².